The molecule has 4 aromatic rings. The fourth-order valence-electron chi connectivity index (χ4n) is 4.81. The van der Waals surface area contributed by atoms with E-state index in [-0.39, 0.29) is 27.9 Å². The Morgan fingerprint density at radius 2 is 1.71 bits per heavy atom. The Balaban J connectivity index is 1.56. The Kier molecular flexibility index (Phi) is 8.22. The largest absolute Gasteiger partial charge is 0.507 e. The number of benzene rings is 3. The van der Waals surface area contributed by atoms with Crippen LogP contribution < -0.4 is 9.64 Å². The molecule has 1 aromatic heterocycles. The Bertz CT molecular complexity index is 1690. The molecule has 1 aliphatic rings. The Morgan fingerprint density at radius 1 is 1.00 bits per heavy atom. The van der Waals surface area contributed by atoms with Crippen molar-refractivity contribution in [1.82, 2.24) is 4.98 Å². The molecule has 0 saturated carbocycles. The second kappa shape index (κ2) is 12.0. The van der Waals surface area contributed by atoms with Crippen LogP contribution in [0.1, 0.15) is 56.1 Å². The zero-order chi connectivity index (χ0) is 30.0. The molecule has 3 aromatic carbocycles. The number of Topliss-reactive ketones (excluding diaryl/α,β-unsaturated/α-hetero) is 1. The van der Waals surface area contributed by atoms with Crippen LogP contribution in [-0.2, 0) is 20.9 Å². The number of hydrogen-bond acceptors (Lipinski definition) is 8. The van der Waals surface area contributed by atoms with Gasteiger partial charge in [0.1, 0.15) is 23.0 Å². The number of anilines is 1. The van der Waals surface area contributed by atoms with E-state index in [9.17, 15) is 19.5 Å². The second-order valence-electron chi connectivity index (χ2n) is 9.97. The molecule has 1 fully saturated rings. The van der Waals surface area contributed by atoms with Crippen molar-refractivity contribution in [2.45, 2.75) is 40.3 Å². The van der Waals surface area contributed by atoms with Crippen molar-refractivity contribution >= 4 is 39.9 Å². The highest BCUT2D eigenvalue weighted by molar-refractivity contribution is 7.17. The minimum atomic E-state index is -0.958. The van der Waals surface area contributed by atoms with E-state index in [2.05, 4.69) is 4.98 Å². The van der Waals surface area contributed by atoms with Crippen LogP contribution in [0.2, 0.25) is 0 Å². The number of rotatable bonds is 8. The summed E-state index contributed by atoms with van der Waals surface area (Å²) in [6, 6.07) is 21.3. The minimum Gasteiger partial charge on any atom is -0.507 e. The maximum atomic E-state index is 13.5. The highest BCUT2D eigenvalue weighted by Gasteiger charge is 2.48. The lowest BCUT2D eigenvalue weighted by Gasteiger charge is -2.23. The van der Waals surface area contributed by atoms with Gasteiger partial charge in [-0.15, -0.1) is 0 Å². The average molecular weight is 583 g/mol. The molecule has 1 unspecified atom stereocenters. The van der Waals surface area contributed by atoms with Gasteiger partial charge in [-0.05, 0) is 62.6 Å². The molecular weight excluding hydrogens is 552 g/mol. The molecule has 42 heavy (non-hydrogen) atoms. The smallest absolute Gasteiger partial charge is 0.350 e. The van der Waals surface area contributed by atoms with Gasteiger partial charge in [0, 0.05) is 5.56 Å². The van der Waals surface area contributed by atoms with Crippen molar-refractivity contribution in [2.24, 2.45) is 0 Å². The number of carbonyl (C=O) groups excluding carboxylic acids is 3. The van der Waals surface area contributed by atoms with Gasteiger partial charge in [0.25, 0.3) is 5.78 Å². The van der Waals surface area contributed by atoms with Crippen molar-refractivity contribution in [3.8, 4) is 5.75 Å². The van der Waals surface area contributed by atoms with Crippen molar-refractivity contribution in [1.29, 1.82) is 0 Å². The normalized spacial score (nSPS) is 16.1. The minimum absolute atomic E-state index is 0.0632. The van der Waals surface area contributed by atoms with Crippen molar-refractivity contribution in [3.63, 3.8) is 0 Å². The zero-order valence-corrected chi connectivity index (χ0v) is 24.5. The first kappa shape index (κ1) is 28.8. The van der Waals surface area contributed by atoms with Crippen LogP contribution in [0.3, 0.4) is 0 Å². The van der Waals surface area contributed by atoms with Crippen LogP contribution in [0.25, 0.3) is 5.76 Å². The molecule has 5 rings (SSSR count). The van der Waals surface area contributed by atoms with Crippen molar-refractivity contribution in [3.05, 3.63) is 117 Å². The van der Waals surface area contributed by atoms with E-state index < -0.39 is 23.7 Å². The third-order valence-corrected chi connectivity index (χ3v) is 8.11. The van der Waals surface area contributed by atoms with E-state index in [1.54, 1.807) is 32.0 Å². The number of aliphatic hydroxyl groups is 1. The van der Waals surface area contributed by atoms with Gasteiger partial charge in [-0.2, -0.15) is 0 Å². The molecular formula is C33H30N2O6S. The summed E-state index contributed by atoms with van der Waals surface area (Å²) in [7, 11) is 0. The van der Waals surface area contributed by atoms with Gasteiger partial charge in [-0.25, -0.2) is 9.78 Å². The third kappa shape index (κ3) is 5.56. The summed E-state index contributed by atoms with van der Waals surface area (Å²) in [5.41, 5.74) is 4.08. The number of aliphatic hydroxyl groups excluding tert-OH is 1. The van der Waals surface area contributed by atoms with Crippen LogP contribution in [0.15, 0.2) is 78.4 Å². The fourth-order valence-corrected chi connectivity index (χ4v) is 5.80. The van der Waals surface area contributed by atoms with Gasteiger partial charge < -0.3 is 14.6 Å². The number of amides is 1. The standard InChI is InChI=1S/C33H30N2O6S/c1-5-40-32(39)30-21(4)34-33(42-30)35-27(23-13-11-19(2)12-14-23)26(29(37)31(35)38)28(36)24-15-16-25(20(3)17-24)41-18-22-9-7-6-8-10-22/h6-17,27,36H,5,18H2,1-4H3/b28-26-. The summed E-state index contributed by atoms with van der Waals surface area (Å²) in [5.74, 6) is -1.91. The number of carbonyl (C=O) groups is 3. The predicted octanol–water partition coefficient (Wildman–Crippen LogP) is 6.45. The lowest BCUT2D eigenvalue weighted by molar-refractivity contribution is -0.132. The fraction of sp³-hybridized carbons (Fsp3) is 0.212. The van der Waals surface area contributed by atoms with E-state index in [1.807, 2.05) is 68.4 Å². The number of aryl methyl sites for hydroxylation is 3. The first-order valence-corrected chi connectivity index (χ1v) is 14.3. The number of nitrogens with zero attached hydrogens (tertiary/aromatic N) is 2. The molecule has 1 N–H and O–H groups in total. The average Bonchev–Trinajstić information content (AvgIpc) is 3.49. The molecule has 0 radical (unpaired) electrons. The number of aromatic nitrogens is 1. The van der Waals surface area contributed by atoms with Gasteiger partial charge in [0.15, 0.2) is 5.13 Å². The first-order chi connectivity index (χ1) is 20.2. The second-order valence-corrected chi connectivity index (χ2v) is 10.9. The summed E-state index contributed by atoms with van der Waals surface area (Å²) in [6.45, 7) is 7.70. The van der Waals surface area contributed by atoms with Crippen LogP contribution >= 0.6 is 11.3 Å². The third-order valence-electron chi connectivity index (χ3n) is 6.98. The molecule has 1 aliphatic heterocycles. The van der Waals surface area contributed by atoms with Gasteiger partial charge in [0.05, 0.1) is 23.9 Å². The molecule has 8 nitrogen and oxygen atoms in total. The summed E-state index contributed by atoms with van der Waals surface area (Å²) >= 11 is 0.976. The van der Waals surface area contributed by atoms with Crippen molar-refractivity contribution < 1.29 is 29.0 Å². The molecule has 0 bridgehead atoms. The van der Waals surface area contributed by atoms with E-state index in [1.165, 1.54) is 4.90 Å². The molecule has 1 atom stereocenters. The van der Waals surface area contributed by atoms with Gasteiger partial charge in [-0.3, -0.25) is 14.5 Å². The maximum absolute atomic E-state index is 13.5. The lowest BCUT2D eigenvalue weighted by Crippen LogP contribution is -2.29. The summed E-state index contributed by atoms with van der Waals surface area (Å²) in [5, 5.41) is 11.7. The van der Waals surface area contributed by atoms with Gasteiger partial charge >= 0.3 is 11.9 Å². The first-order valence-electron chi connectivity index (χ1n) is 13.5. The Labute approximate surface area is 247 Å². The monoisotopic (exact) mass is 582 g/mol. The number of hydrogen-bond donors (Lipinski definition) is 1. The Hall–Kier alpha value is -4.76. The van der Waals surface area contributed by atoms with Crippen LogP contribution in [-0.4, -0.2) is 34.4 Å². The number of ether oxygens (including phenoxy) is 2. The molecule has 0 spiro atoms. The molecule has 214 valence electrons. The van der Waals surface area contributed by atoms with E-state index in [0.717, 1.165) is 28.0 Å². The van der Waals surface area contributed by atoms with E-state index in [0.29, 0.717) is 29.2 Å². The number of esters is 1. The topological polar surface area (TPSA) is 106 Å². The molecule has 0 aliphatic carbocycles. The summed E-state index contributed by atoms with van der Waals surface area (Å²) < 4.78 is 11.1. The van der Waals surface area contributed by atoms with Crippen LogP contribution in [0, 0.1) is 20.8 Å². The Morgan fingerprint density at radius 3 is 2.38 bits per heavy atom. The number of ketones is 1. The van der Waals surface area contributed by atoms with E-state index in [4.69, 9.17) is 9.47 Å². The highest BCUT2D eigenvalue weighted by Crippen LogP contribution is 2.44. The molecule has 1 amide bonds. The molecule has 2 heterocycles. The SMILES string of the molecule is CCOC(=O)c1sc(N2C(=O)C(=O)/C(=C(\O)c3ccc(OCc4ccccc4)c(C)c3)C2c2ccc(C)cc2)nc1C. The van der Waals surface area contributed by atoms with Crippen LogP contribution in [0.5, 0.6) is 5.75 Å². The molecule has 9 heteroatoms. The predicted molar refractivity (Wildman–Crippen MR) is 161 cm³/mol. The number of thiazole rings is 1. The quantitative estimate of drug-likeness (QED) is 0.110. The van der Waals surface area contributed by atoms with Crippen LogP contribution in [0.4, 0.5) is 5.13 Å². The van der Waals surface area contributed by atoms with Gasteiger partial charge in [-0.1, -0.05) is 71.5 Å². The highest BCUT2D eigenvalue weighted by atomic mass is 32.1. The maximum Gasteiger partial charge on any atom is 0.350 e. The summed E-state index contributed by atoms with van der Waals surface area (Å²) in [6.07, 6.45) is 0. The molecule has 1 saturated heterocycles. The van der Waals surface area contributed by atoms with Crippen molar-refractivity contribution in [2.75, 3.05) is 11.5 Å². The lowest BCUT2D eigenvalue weighted by atomic mass is 9.94. The zero-order valence-electron chi connectivity index (χ0n) is 23.7. The van der Waals surface area contributed by atoms with Gasteiger partial charge in [0.2, 0.25) is 0 Å². The van der Waals surface area contributed by atoms with E-state index >= 15 is 0 Å². The summed E-state index contributed by atoms with van der Waals surface area (Å²) in [4.78, 5) is 45.5.